The van der Waals surface area contributed by atoms with Gasteiger partial charge in [-0.25, -0.2) is 4.98 Å². The summed E-state index contributed by atoms with van der Waals surface area (Å²) in [4.78, 5) is 4.51. The Kier molecular flexibility index (Phi) is 1.65. The number of fused-ring (bicyclic) bond motifs is 7. The summed E-state index contributed by atoms with van der Waals surface area (Å²) in [6.45, 7) is 0. The molecule has 5 nitrogen and oxygen atoms in total. The molecule has 2 aromatic carbocycles. The van der Waals surface area contributed by atoms with Crippen molar-refractivity contribution in [3.8, 4) is 0 Å². The number of aromatic nitrogens is 4. The van der Waals surface area contributed by atoms with Gasteiger partial charge in [0.05, 0.1) is 5.39 Å². The van der Waals surface area contributed by atoms with Gasteiger partial charge >= 0.3 is 0 Å². The van der Waals surface area contributed by atoms with Crippen molar-refractivity contribution in [3.63, 3.8) is 0 Å². The molecule has 0 spiro atoms. The molecule has 0 bridgehead atoms. The molecule has 0 fully saturated rings. The van der Waals surface area contributed by atoms with E-state index in [0.717, 1.165) is 21.9 Å². The maximum atomic E-state index is 5.95. The normalized spacial score (nSPS) is 12.0. The predicted molar refractivity (Wildman–Crippen MR) is 75.6 cm³/mol. The third-order valence-electron chi connectivity index (χ3n) is 3.64. The minimum absolute atomic E-state index is 0.677. The minimum Gasteiger partial charge on any atom is -0.450 e. The Balaban J connectivity index is 2.14. The average Bonchev–Trinajstić information content (AvgIpc) is 3.10. The van der Waals surface area contributed by atoms with Crippen LogP contribution < -0.4 is 0 Å². The summed E-state index contributed by atoms with van der Waals surface area (Å²) in [6, 6.07) is 12.3. The van der Waals surface area contributed by atoms with Crippen molar-refractivity contribution in [3.05, 3.63) is 49.1 Å². The molecular weight excluding hydrogens is 252 g/mol. The molecule has 0 aliphatic heterocycles. The van der Waals surface area contributed by atoms with Gasteiger partial charge in [0.2, 0.25) is 5.65 Å². The fraction of sp³-hybridized carbons (Fsp3) is 0. The van der Waals surface area contributed by atoms with E-state index in [1.54, 1.807) is 17.1 Å². The van der Waals surface area contributed by atoms with Crippen molar-refractivity contribution in [1.82, 2.24) is 19.6 Å². The Bertz CT molecular complexity index is 1110. The van der Waals surface area contributed by atoms with Crippen LogP contribution in [0.3, 0.4) is 0 Å². The Labute approximate surface area is 112 Å². The van der Waals surface area contributed by atoms with Crippen molar-refractivity contribution in [1.29, 1.82) is 0 Å². The molecule has 94 valence electrons. The summed E-state index contributed by atoms with van der Waals surface area (Å²) in [7, 11) is 0. The molecule has 0 aliphatic rings. The van der Waals surface area contributed by atoms with Crippen LogP contribution in [-0.2, 0) is 0 Å². The number of benzene rings is 2. The first-order chi connectivity index (χ1) is 9.92. The van der Waals surface area contributed by atoms with Gasteiger partial charge in [0, 0.05) is 0 Å². The third-order valence-corrected chi connectivity index (χ3v) is 3.64. The van der Waals surface area contributed by atoms with Crippen LogP contribution in [0.25, 0.3) is 38.5 Å². The Morgan fingerprint density at radius 2 is 1.95 bits per heavy atom. The van der Waals surface area contributed by atoms with Gasteiger partial charge in [-0.05, 0) is 16.8 Å². The van der Waals surface area contributed by atoms with Gasteiger partial charge in [0.1, 0.15) is 23.8 Å². The fourth-order valence-corrected chi connectivity index (χ4v) is 2.74. The standard InChI is InChI=1S/C15H8N4O/c1-2-4-10-9(3-1)5-6-11-12(10)13-14(20-11)15-18-17-8-19(15)7-16-13/h1-8H. The molecule has 0 unspecified atom stereocenters. The molecule has 5 rings (SSSR count). The quantitative estimate of drug-likeness (QED) is 0.429. The van der Waals surface area contributed by atoms with Crippen molar-refractivity contribution in [2.45, 2.75) is 0 Å². The minimum atomic E-state index is 0.677. The summed E-state index contributed by atoms with van der Waals surface area (Å²) >= 11 is 0. The van der Waals surface area contributed by atoms with Crippen LogP contribution in [0.15, 0.2) is 53.5 Å². The van der Waals surface area contributed by atoms with Crippen LogP contribution in [0.4, 0.5) is 0 Å². The molecule has 0 N–H and O–H groups in total. The van der Waals surface area contributed by atoms with Crippen molar-refractivity contribution in [2.75, 3.05) is 0 Å². The van der Waals surface area contributed by atoms with Crippen LogP contribution in [0.2, 0.25) is 0 Å². The Morgan fingerprint density at radius 3 is 2.95 bits per heavy atom. The van der Waals surface area contributed by atoms with E-state index in [-0.39, 0.29) is 0 Å². The number of nitrogens with zero attached hydrogens (tertiary/aromatic N) is 4. The highest BCUT2D eigenvalue weighted by Gasteiger charge is 2.15. The number of furan rings is 1. The molecule has 3 heterocycles. The molecule has 20 heavy (non-hydrogen) atoms. The van der Waals surface area contributed by atoms with Gasteiger partial charge in [0.15, 0.2) is 5.58 Å². The van der Waals surface area contributed by atoms with E-state index in [1.807, 2.05) is 18.2 Å². The molecule has 5 heteroatoms. The van der Waals surface area contributed by atoms with E-state index in [1.165, 1.54) is 5.39 Å². The van der Waals surface area contributed by atoms with Crippen molar-refractivity contribution < 1.29 is 4.42 Å². The molecular formula is C15H8N4O. The summed E-state index contributed by atoms with van der Waals surface area (Å²) in [5, 5.41) is 11.3. The summed E-state index contributed by atoms with van der Waals surface area (Å²) in [5.41, 5.74) is 3.02. The second-order valence-electron chi connectivity index (χ2n) is 4.75. The monoisotopic (exact) mass is 260 g/mol. The third kappa shape index (κ3) is 1.10. The van der Waals surface area contributed by atoms with Crippen LogP contribution in [0, 0.1) is 0 Å². The summed E-state index contributed by atoms with van der Waals surface area (Å²) in [6.07, 6.45) is 3.33. The zero-order valence-corrected chi connectivity index (χ0v) is 10.3. The molecule has 0 atom stereocenters. The predicted octanol–water partition coefficient (Wildman–Crippen LogP) is 3.18. The van der Waals surface area contributed by atoms with Gasteiger partial charge < -0.3 is 4.42 Å². The molecule has 3 aromatic heterocycles. The zero-order valence-electron chi connectivity index (χ0n) is 10.3. The topological polar surface area (TPSA) is 56.2 Å². The number of rotatable bonds is 0. The Hall–Kier alpha value is -2.95. The zero-order chi connectivity index (χ0) is 13.1. The van der Waals surface area contributed by atoms with E-state index < -0.39 is 0 Å². The van der Waals surface area contributed by atoms with E-state index in [0.29, 0.717) is 11.2 Å². The van der Waals surface area contributed by atoms with E-state index in [2.05, 4.69) is 33.4 Å². The van der Waals surface area contributed by atoms with Gasteiger partial charge in [-0.15, -0.1) is 10.2 Å². The van der Waals surface area contributed by atoms with Crippen LogP contribution >= 0.6 is 0 Å². The number of hydrogen-bond donors (Lipinski definition) is 0. The van der Waals surface area contributed by atoms with E-state index in [9.17, 15) is 0 Å². The maximum absolute atomic E-state index is 5.95. The highest BCUT2D eigenvalue weighted by atomic mass is 16.3. The lowest BCUT2D eigenvalue weighted by Crippen LogP contribution is -1.86. The lowest BCUT2D eigenvalue weighted by atomic mass is 10.1. The van der Waals surface area contributed by atoms with E-state index in [4.69, 9.17) is 4.42 Å². The lowest BCUT2D eigenvalue weighted by Gasteiger charge is -1.97. The van der Waals surface area contributed by atoms with Gasteiger partial charge in [-0.2, -0.15) is 0 Å². The molecule has 0 aliphatic carbocycles. The van der Waals surface area contributed by atoms with Gasteiger partial charge in [-0.1, -0.05) is 30.3 Å². The highest BCUT2D eigenvalue weighted by molar-refractivity contribution is 6.18. The first-order valence-electron chi connectivity index (χ1n) is 6.30. The molecule has 0 amide bonds. The molecule has 0 saturated heterocycles. The molecule has 5 aromatic rings. The van der Waals surface area contributed by atoms with Crippen molar-refractivity contribution in [2.24, 2.45) is 0 Å². The van der Waals surface area contributed by atoms with Gasteiger partial charge in [0.25, 0.3) is 0 Å². The number of hydrogen-bond acceptors (Lipinski definition) is 4. The lowest BCUT2D eigenvalue weighted by molar-refractivity contribution is 0.668. The SMILES string of the molecule is c1ccc2c(c1)ccc1oc3c(ncn4cnnc34)c12. The van der Waals surface area contributed by atoms with Crippen LogP contribution in [0.1, 0.15) is 0 Å². The second kappa shape index (κ2) is 3.33. The Morgan fingerprint density at radius 1 is 1.00 bits per heavy atom. The van der Waals surface area contributed by atoms with Crippen LogP contribution in [-0.4, -0.2) is 19.6 Å². The average molecular weight is 260 g/mol. The summed E-state index contributed by atoms with van der Waals surface area (Å²) in [5.74, 6) is 0. The molecule has 0 radical (unpaired) electrons. The second-order valence-corrected chi connectivity index (χ2v) is 4.75. The fourth-order valence-electron chi connectivity index (χ4n) is 2.74. The van der Waals surface area contributed by atoms with Gasteiger partial charge in [-0.3, -0.25) is 4.40 Å². The van der Waals surface area contributed by atoms with E-state index >= 15 is 0 Å². The smallest absolute Gasteiger partial charge is 0.207 e. The van der Waals surface area contributed by atoms with Crippen molar-refractivity contribution >= 4 is 38.5 Å². The first-order valence-corrected chi connectivity index (χ1v) is 6.30. The molecule has 0 saturated carbocycles. The first kappa shape index (κ1) is 9.91. The van der Waals surface area contributed by atoms with Crippen LogP contribution in [0.5, 0.6) is 0 Å². The summed E-state index contributed by atoms with van der Waals surface area (Å²) < 4.78 is 7.70. The largest absolute Gasteiger partial charge is 0.450 e. The maximum Gasteiger partial charge on any atom is 0.207 e. The highest BCUT2D eigenvalue weighted by Crippen LogP contribution is 2.34.